The molecule has 2 aromatic carbocycles. The Morgan fingerprint density at radius 1 is 0.909 bits per heavy atom. The van der Waals surface area contributed by atoms with Gasteiger partial charge in [-0.2, -0.15) is 0 Å². The molecule has 4 nitrogen and oxygen atoms in total. The van der Waals surface area contributed by atoms with Gasteiger partial charge in [0.05, 0.1) is 6.61 Å². The Balaban J connectivity index is 1.77. The number of aliphatic hydroxyl groups is 1. The van der Waals surface area contributed by atoms with Crippen LogP contribution in [0.15, 0.2) is 48.5 Å². The van der Waals surface area contributed by atoms with Crippen LogP contribution >= 0.6 is 0 Å². The molecule has 0 aliphatic carbocycles. The van der Waals surface area contributed by atoms with Crippen LogP contribution in [0.2, 0.25) is 0 Å². The summed E-state index contributed by atoms with van der Waals surface area (Å²) < 4.78 is 0. The molecule has 0 saturated carbocycles. The lowest BCUT2D eigenvalue weighted by molar-refractivity contribution is 0.241. The molecule has 22 heavy (non-hydrogen) atoms. The van der Waals surface area contributed by atoms with Crippen molar-refractivity contribution >= 4 is 0 Å². The molecular weight excluding hydrogens is 278 g/mol. The van der Waals surface area contributed by atoms with E-state index in [4.69, 9.17) is 0 Å². The number of rotatable bonds is 8. The first-order valence-corrected chi connectivity index (χ1v) is 7.57. The standard InChI is InChI=1S/C18H23NO3/c20-13-16(9-15-10-17(21)12-18(22)11-15)19-8-4-7-14-5-2-1-3-6-14/h1-3,5-6,10-12,16,19-22H,4,7-9,13H2. The van der Waals surface area contributed by atoms with Crippen LogP contribution in [0, 0.1) is 0 Å². The van der Waals surface area contributed by atoms with Gasteiger partial charge >= 0.3 is 0 Å². The van der Waals surface area contributed by atoms with Crippen LogP contribution in [0.1, 0.15) is 17.5 Å². The van der Waals surface area contributed by atoms with Gasteiger partial charge in [-0.1, -0.05) is 30.3 Å². The second-order valence-electron chi connectivity index (χ2n) is 5.48. The Morgan fingerprint density at radius 2 is 1.59 bits per heavy atom. The number of phenols is 2. The van der Waals surface area contributed by atoms with Gasteiger partial charge in [-0.25, -0.2) is 0 Å². The van der Waals surface area contributed by atoms with E-state index in [-0.39, 0.29) is 24.1 Å². The number of aromatic hydroxyl groups is 2. The molecule has 0 fully saturated rings. The van der Waals surface area contributed by atoms with E-state index in [0.717, 1.165) is 24.9 Å². The molecular formula is C18H23NO3. The molecule has 0 bridgehead atoms. The van der Waals surface area contributed by atoms with Crippen molar-refractivity contribution in [1.29, 1.82) is 0 Å². The monoisotopic (exact) mass is 301 g/mol. The molecule has 0 aliphatic rings. The number of phenolic OH excluding ortho intramolecular Hbond substituents is 2. The zero-order valence-electron chi connectivity index (χ0n) is 12.6. The summed E-state index contributed by atoms with van der Waals surface area (Å²) in [5.74, 6) is 0.0755. The highest BCUT2D eigenvalue weighted by atomic mass is 16.3. The molecule has 0 amide bonds. The summed E-state index contributed by atoms with van der Waals surface area (Å²) in [4.78, 5) is 0. The second kappa shape index (κ2) is 8.41. The average molecular weight is 301 g/mol. The third kappa shape index (κ3) is 5.39. The molecule has 118 valence electrons. The van der Waals surface area contributed by atoms with Gasteiger partial charge in [0.1, 0.15) is 11.5 Å². The Bertz CT molecular complexity index is 552. The summed E-state index contributed by atoms with van der Waals surface area (Å²) in [6.45, 7) is 0.826. The van der Waals surface area contributed by atoms with Crippen LogP contribution in [0.3, 0.4) is 0 Å². The van der Waals surface area contributed by atoms with Gasteiger partial charge in [-0.15, -0.1) is 0 Å². The van der Waals surface area contributed by atoms with Crippen molar-refractivity contribution in [3.8, 4) is 11.5 Å². The maximum absolute atomic E-state index is 9.48. The minimum Gasteiger partial charge on any atom is -0.508 e. The molecule has 2 aromatic rings. The van der Waals surface area contributed by atoms with E-state index in [1.807, 2.05) is 18.2 Å². The normalized spacial score (nSPS) is 12.2. The van der Waals surface area contributed by atoms with Crippen LogP contribution in [0.5, 0.6) is 11.5 Å². The van der Waals surface area contributed by atoms with Gasteiger partial charge in [0.2, 0.25) is 0 Å². The first kappa shape index (κ1) is 16.3. The summed E-state index contributed by atoms with van der Waals surface area (Å²) in [6.07, 6.45) is 2.55. The van der Waals surface area contributed by atoms with Gasteiger partial charge in [0.15, 0.2) is 0 Å². The zero-order valence-corrected chi connectivity index (χ0v) is 12.6. The minimum absolute atomic E-state index is 0.0156. The topological polar surface area (TPSA) is 72.7 Å². The molecule has 4 N–H and O–H groups in total. The third-order valence-electron chi connectivity index (χ3n) is 3.58. The summed E-state index contributed by atoms with van der Waals surface area (Å²) >= 11 is 0. The largest absolute Gasteiger partial charge is 0.508 e. The van der Waals surface area contributed by atoms with Gasteiger partial charge in [0, 0.05) is 12.1 Å². The van der Waals surface area contributed by atoms with Crippen molar-refractivity contribution in [3.63, 3.8) is 0 Å². The Morgan fingerprint density at radius 3 is 2.23 bits per heavy atom. The second-order valence-corrected chi connectivity index (χ2v) is 5.48. The lowest BCUT2D eigenvalue weighted by atomic mass is 10.1. The van der Waals surface area contributed by atoms with E-state index >= 15 is 0 Å². The van der Waals surface area contributed by atoms with Crippen molar-refractivity contribution in [2.24, 2.45) is 0 Å². The average Bonchev–Trinajstić information content (AvgIpc) is 2.50. The highest BCUT2D eigenvalue weighted by Crippen LogP contribution is 2.21. The predicted molar refractivity (Wildman–Crippen MR) is 87.1 cm³/mol. The molecule has 2 rings (SSSR count). The van der Waals surface area contributed by atoms with Crippen LogP contribution in [0.25, 0.3) is 0 Å². The fraction of sp³-hybridized carbons (Fsp3) is 0.333. The third-order valence-corrected chi connectivity index (χ3v) is 3.58. The van der Waals surface area contributed by atoms with Crippen molar-refractivity contribution in [2.45, 2.75) is 25.3 Å². The SMILES string of the molecule is OCC(Cc1cc(O)cc(O)c1)NCCCc1ccccc1. The minimum atomic E-state index is -0.0861. The zero-order chi connectivity index (χ0) is 15.8. The quantitative estimate of drug-likeness (QED) is 0.564. The first-order valence-electron chi connectivity index (χ1n) is 7.57. The summed E-state index contributed by atoms with van der Waals surface area (Å²) in [7, 11) is 0. The number of benzene rings is 2. The Kier molecular flexibility index (Phi) is 6.25. The highest BCUT2D eigenvalue weighted by molar-refractivity contribution is 5.37. The number of hydrogen-bond donors (Lipinski definition) is 4. The van der Waals surface area contributed by atoms with Gasteiger partial charge in [-0.05, 0) is 49.1 Å². The Hall–Kier alpha value is -2.04. The van der Waals surface area contributed by atoms with Crippen LogP contribution in [0.4, 0.5) is 0 Å². The highest BCUT2D eigenvalue weighted by Gasteiger charge is 2.09. The van der Waals surface area contributed by atoms with Gasteiger partial charge in [0.25, 0.3) is 0 Å². The van der Waals surface area contributed by atoms with Crippen molar-refractivity contribution in [2.75, 3.05) is 13.2 Å². The van der Waals surface area contributed by atoms with E-state index in [1.165, 1.54) is 11.6 Å². The molecule has 0 radical (unpaired) electrons. The molecule has 0 spiro atoms. The fourth-order valence-corrected chi connectivity index (χ4v) is 2.50. The maximum Gasteiger partial charge on any atom is 0.119 e. The van der Waals surface area contributed by atoms with E-state index in [1.54, 1.807) is 12.1 Å². The van der Waals surface area contributed by atoms with Crippen LogP contribution < -0.4 is 5.32 Å². The maximum atomic E-state index is 9.48. The Labute approximate surface area is 131 Å². The molecule has 1 atom stereocenters. The molecule has 0 heterocycles. The molecule has 1 unspecified atom stereocenters. The van der Waals surface area contributed by atoms with Crippen molar-refractivity contribution < 1.29 is 15.3 Å². The lowest BCUT2D eigenvalue weighted by Gasteiger charge is -2.16. The molecule has 0 aliphatic heterocycles. The van der Waals surface area contributed by atoms with Crippen LogP contribution in [-0.2, 0) is 12.8 Å². The van der Waals surface area contributed by atoms with E-state index in [2.05, 4.69) is 17.4 Å². The number of aliphatic hydroxyl groups excluding tert-OH is 1. The molecule has 0 aromatic heterocycles. The van der Waals surface area contributed by atoms with Crippen LogP contribution in [-0.4, -0.2) is 34.5 Å². The lowest BCUT2D eigenvalue weighted by Crippen LogP contribution is -2.35. The summed E-state index contributed by atoms with van der Waals surface area (Å²) in [5, 5.41) is 31.7. The fourth-order valence-electron chi connectivity index (χ4n) is 2.50. The van der Waals surface area contributed by atoms with Gasteiger partial charge in [-0.3, -0.25) is 0 Å². The molecule has 4 heteroatoms. The molecule has 0 saturated heterocycles. The number of nitrogens with one attached hydrogen (secondary N) is 1. The summed E-state index contributed by atoms with van der Waals surface area (Å²) in [6, 6.07) is 14.7. The number of hydrogen-bond acceptors (Lipinski definition) is 4. The van der Waals surface area contributed by atoms with Crippen molar-refractivity contribution in [1.82, 2.24) is 5.32 Å². The van der Waals surface area contributed by atoms with Gasteiger partial charge < -0.3 is 20.6 Å². The predicted octanol–water partition coefficient (Wildman–Crippen LogP) is 2.22. The number of aryl methyl sites for hydroxylation is 1. The summed E-state index contributed by atoms with van der Waals surface area (Å²) in [5.41, 5.74) is 2.11. The van der Waals surface area contributed by atoms with E-state index < -0.39 is 0 Å². The van der Waals surface area contributed by atoms with E-state index in [0.29, 0.717) is 6.42 Å². The van der Waals surface area contributed by atoms with Crippen molar-refractivity contribution in [3.05, 3.63) is 59.7 Å². The first-order chi connectivity index (χ1) is 10.7. The smallest absolute Gasteiger partial charge is 0.119 e. The van der Waals surface area contributed by atoms with E-state index in [9.17, 15) is 15.3 Å².